The Kier molecular flexibility index (Phi) is 5.11. The van der Waals surface area contributed by atoms with Crippen molar-refractivity contribution in [1.82, 2.24) is 5.32 Å². The van der Waals surface area contributed by atoms with Gasteiger partial charge < -0.3 is 10.1 Å². The van der Waals surface area contributed by atoms with E-state index in [2.05, 4.69) is 12.4 Å². The van der Waals surface area contributed by atoms with Crippen molar-refractivity contribution in [2.24, 2.45) is 11.8 Å². The van der Waals surface area contributed by atoms with Crippen molar-refractivity contribution in [2.75, 3.05) is 20.3 Å². The van der Waals surface area contributed by atoms with Gasteiger partial charge in [0.25, 0.3) is 0 Å². The Bertz CT molecular complexity index is 181. The van der Waals surface area contributed by atoms with Crippen LogP contribution in [-0.2, 0) is 4.74 Å². The first-order valence-electron chi connectivity index (χ1n) is 7.15. The molecule has 0 aromatic carbocycles. The van der Waals surface area contributed by atoms with Gasteiger partial charge in [0.05, 0.1) is 6.61 Å². The van der Waals surface area contributed by atoms with Crippen LogP contribution in [-0.4, -0.2) is 26.3 Å². The Morgan fingerprint density at radius 3 is 2.44 bits per heavy atom. The molecule has 0 aromatic heterocycles. The summed E-state index contributed by atoms with van der Waals surface area (Å²) in [7, 11) is 2.12. The molecule has 2 unspecified atom stereocenters. The average Bonchev–Trinajstić information content (AvgIpc) is 2.71. The lowest BCUT2D eigenvalue weighted by molar-refractivity contribution is 0.172. The van der Waals surface area contributed by atoms with E-state index < -0.39 is 0 Å². The van der Waals surface area contributed by atoms with Crippen LogP contribution in [0.25, 0.3) is 0 Å². The number of rotatable bonds is 4. The standard InChI is InChI=1S/C14H27NO/c1-15-14(13-8-9-16-11-13)10-12-6-4-2-3-5-7-12/h12-15H,2-11H2,1H3. The maximum Gasteiger partial charge on any atom is 0.0510 e. The fourth-order valence-corrected chi connectivity index (χ4v) is 3.37. The highest BCUT2D eigenvalue weighted by molar-refractivity contribution is 4.81. The molecule has 2 fully saturated rings. The maximum absolute atomic E-state index is 5.51. The molecule has 0 aromatic rings. The molecule has 0 radical (unpaired) electrons. The van der Waals surface area contributed by atoms with Gasteiger partial charge in [-0.25, -0.2) is 0 Å². The zero-order chi connectivity index (χ0) is 11.2. The lowest BCUT2D eigenvalue weighted by Crippen LogP contribution is -2.35. The summed E-state index contributed by atoms with van der Waals surface area (Å²) in [4.78, 5) is 0. The Hall–Kier alpha value is -0.0800. The van der Waals surface area contributed by atoms with Crippen LogP contribution >= 0.6 is 0 Å². The average molecular weight is 225 g/mol. The number of nitrogens with one attached hydrogen (secondary N) is 1. The van der Waals surface area contributed by atoms with Gasteiger partial charge in [-0.15, -0.1) is 0 Å². The third-order valence-corrected chi connectivity index (χ3v) is 4.47. The number of hydrogen-bond acceptors (Lipinski definition) is 2. The van der Waals surface area contributed by atoms with Gasteiger partial charge in [0.2, 0.25) is 0 Å². The molecule has 1 aliphatic heterocycles. The van der Waals surface area contributed by atoms with Crippen molar-refractivity contribution >= 4 is 0 Å². The molecule has 0 amide bonds. The van der Waals surface area contributed by atoms with E-state index >= 15 is 0 Å². The molecule has 2 heteroatoms. The summed E-state index contributed by atoms with van der Waals surface area (Å²) >= 11 is 0. The molecule has 1 saturated carbocycles. The van der Waals surface area contributed by atoms with E-state index in [1.165, 1.54) is 51.4 Å². The quantitative estimate of drug-likeness (QED) is 0.743. The summed E-state index contributed by atoms with van der Waals surface area (Å²) in [6.45, 7) is 1.96. The Balaban J connectivity index is 1.79. The minimum Gasteiger partial charge on any atom is -0.381 e. The van der Waals surface area contributed by atoms with Crippen LogP contribution in [0, 0.1) is 11.8 Å². The third-order valence-electron chi connectivity index (χ3n) is 4.47. The highest BCUT2D eigenvalue weighted by Crippen LogP contribution is 2.29. The zero-order valence-electron chi connectivity index (χ0n) is 10.7. The normalized spacial score (nSPS) is 30.2. The first kappa shape index (κ1) is 12.4. The van der Waals surface area contributed by atoms with Gasteiger partial charge in [0, 0.05) is 12.6 Å². The minimum absolute atomic E-state index is 0.700. The largest absolute Gasteiger partial charge is 0.381 e. The molecule has 0 spiro atoms. The first-order chi connectivity index (χ1) is 7.90. The van der Waals surface area contributed by atoms with Crippen LogP contribution in [0.5, 0.6) is 0 Å². The predicted octanol–water partition coefficient (Wildman–Crippen LogP) is 2.97. The van der Waals surface area contributed by atoms with Gasteiger partial charge >= 0.3 is 0 Å². The smallest absolute Gasteiger partial charge is 0.0510 e. The number of ether oxygens (including phenoxy) is 1. The zero-order valence-corrected chi connectivity index (χ0v) is 10.7. The second kappa shape index (κ2) is 6.61. The molecule has 2 rings (SSSR count). The van der Waals surface area contributed by atoms with Crippen LogP contribution in [0.4, 0.5) is 0 Å². The minimum atomic E-state index is 0.700. The molecule has 1 N–H and O–H groups in total. The van der Waals surface area contributed by atoms with Crippen LogP contribution in [0.1, 0.15) is 51.4 Å². The van der Waals surface area contributed by atoms with Gasteiger partial charge in [0.1, 0.15) is 0 Å². The number of hydrogen-bond donors (Lipinski definition) is 1. The summed E-state index contributed by atoms with van der Waals surface area (Å²) in [5, 5.41) is 3.53. The topological polar surface area (TPSA) is 21.3 Å². The highest BCUT2D eigenvalue weighted by atomic mass is 16.5. The van der Waals surface area contributed by atoms with Crippen LogP contribution in [0.3, 0.4) is 0 Å². The lowest BCUT2D eigenvalue weighted by Gasteiger charge is -2.26. The molecule has 1 saturated heterocycles. The predicted molar refractivity (Wildman–Crippen MR) is 67.6 cm³/mol. The Morgan fingerprint density at radius 1 is 1.12 bits per heavy atom. The summed E-state index contributed by atoms with van der Waals surface area (Å²) in [5.41, 5.74) is 0. The first-order valence-corrected chi connectivity index (χ1v) is 7.15. The molecular formula is C14H27NO. The Morgan fingerprint density at radius 2 is 1.88 bits per heavy atom. The van der Waals surface area contributed by atoms with Gasteiger partial charge in [0.15, 0.2) is 0 Å². The maximum atomic E-state index is 5.51. The van der Waals surface area contributed by atoms with Gasteiger partial charge in [-0.1, -0.05) is 38.5 Å². The molecule has 2 nitrogen and oxygen atoms in total. The van der Waals surface area contributed by atoms with Gasteiger partial charge in [-0.3, -0.25) is 0 Å². The van der Waals surface area contributed by atoms with E-state index in [9.17, 15) is 0 Å². The molecule has 2 aliphatic rings. The van der Waals surface area contributed by atoms with Crippen molar-refractivity contribution in [2.45, 2.75) is 57.4 Å². The van der Waals surface area contributed by atoms with E-state index in [0.717, 1.165) is 25.0 Å². The van der Waals surface area contributed by atoms with Crippen molar-refractivity contribution in [3.8, 4) is 0 Å². The van der Waals surface area contributed by atoms with E-state index in [-0.39, 0.29) is 0 Å². The second-order valence-corrected chi connectivity index (χ2v) is 5.61. The Labute approximate surface area is 100 Å². The van der Waals surface area contributed by atoms with Crippen LogP contribution < -0.4 is 5.32 Å². The highest BCUT2D eigenvalue weighted by Gasteiger charge is 2.27. The van der Waals surface area contributed by atoms with Crippen molar-refractivity contribution < 1.29 is 4.74 Å². The second-order valence-electron chi connectivity index (χ2n) is 5.61. The monoisotopic (exact) mass is 225 g/mol. The third kappa shape index (κ3) is 3.46. The van der Waals surface area contributed by atoms with E-state index in [1.807, 2.05) is 0 Å². The summed E-state index contributed by atoms with van der Waals surface area (Å²) < 4.78 is 5.51. The summed E-state index contributed by atoms with van der Waals surface area (Å²) in [6.07, 6.45) is 11.4. The molecule has 2 atom stereocenters. The van der Waals surface area contributed by atoms with Crippen molar-refractivity contribution in [3.05, 3.63) is 0 Å². The lowest BCUT2D eigenvalue weighted by atomic mass is 9.86. The van der Waals surface area contributed by atoms with E-state index in [4.69, 9.17) is 4.74 Å². The summed E-state index contributed by atoms with van der Waals surface area (Å²) in [6, 6.07) is 0.700. The van der Waals surface area contributed by atoms with E-state index in [0.29, 0.717) is 6.04 Å². The van der Waals surface area contributed by atoms with Gasteiger partial charge in [-0.05, 0) is 31.7 Å². The van der Waals surface area contributed by atoms with Crippen molar-refractivity contribution in [1.29, 1.82) is 0 Å². The van der Waals surface area contributed by atoms with Crippen LogP contribution in [0.2, 0.25) is 0 Å². The van der Waals surface area contributed by atoms with Crippen LogP contribution in [0.15, 0.2) is 0 Å². The molecular weight excluding hydrogens is 198 g/mol. The SMILES string of the molecule is CNC(CC1CCCCCC1)C1CCOC1. The molecule has 94 valence electrons. The molecule has 0 bridgehead atoms. The van der Waals surface area contributed by atoms with Crippen molar-refractivity contribution in [3.63, 3.8) is 0 Å². The summed E-state index contributed by atoms with van der Waals surface area (Å²) in [5.74, 6) is 1.74. The fourth-order valence-electron chi connectivity index (χ4n) is 3.37. The van der Waals surface area contributed by atoms with E-state index in [1.54, 1.807) is 0 Å². The molecule has 1 heterocycles. The molecule has 16 heavy (non-hydrogen) atoms. The molecule has 1 aliphatic carbocycles. The fraction of sp³-hybridized carbons (Fsp3) is 1.00. The van der Waals surface area contributed by atoms with Gasteiger partial charge in [-0.2, -0.15) is 0 Å².